The van der Waals surface area contributed by atoms with E-state index in [1.165, 1.54) is 4.31 Å². The molecule has 0 bridgehead atoms. The Hall–Kier alpha value is -2.72. The third-order valence-electron chi connectivity index (χ3n) is 6.47. The first-order valence-electron chi connectivity index (χ1n) is 11.3. The van der Waals surface area contributed by atoms with Gasteiger partial charge < -0.3 is 14.3 Å². The zero-order valence-corrected chi connectivity index (χ0v) is 20.1. The number of rotatable bonds is 5. The van der Waals surface area contributed by atoms with Gasteiger partial charge in [0.05, 0.1) is 5.92 Å². The van der Waals surface area contributed by atoms with Gasteiger partial charge in [-0.15, -0.1) is 0 Å². The predicted octanol–water partition coefficient (Wildman–Crippen LogP) is 2.13. The maximum atomic E-state index is 13.3. The van der Waals surface area contributed by atoms with Crippen LogP contribution in [-0.2, 0) is 26.0 Å². The van der Waals surface area contributed by atoms with Gasteiger partial charge in [-0.2, -0.15) is 4.31 Å². The maximum absolute atomic E-state index is 13.3. The average Bonchev–Trinajstić information content (AvgIpc) is 3.23. The number of aryl methyl sites for hydroxylation is 3. The highest BCUT2D eigenvalue weighted by Gasteiger charge is 2.39. The number of amides is 2. The quantitative estimate of drug-likeness (QED) is 0.658. The summed E-state index contributed by atoms with van der Waals surface area (Å²) >= 11 is 0. The molecule has 1 unspecified atom stereocenters. The minimum atomic E-state index is -3.76. The van der Waals surface area contributed by atoms with Crippen molar-refractivity contribution in [3.8, 4) is 0 Å². The lowest BCUT2D eigenvalue weighted by Gasteiger charge is -2.25. The molecule has 0 radical (unpaired) electrons. The van der Waals surface area contributed by atoms with Gasteiger partial charge in [0, 0.05) is 44.8 Å². The van der Waals surface area contributed by atoms with Gasteiger partial charge in [-0.05, 0) is 38.3 Å². The topological polar surface area (TPSA) is 104 Å². The van der Waals surface area contributed by atoms with E-state index in [2.05, 4.69) is 5.16 Å². The van der Waals surface area contributed by atoms with Crippen LogP contribution in [0.15, 0.2) is 33.7 Å². The van der Waals surface area contributed by atoms with Gasteiger partial charge >= 0.3 is 0 Å². The zero-order valence-electron chi connectivity index (χ0n) is 19.3. The number of para-hydroxylation sites is 1. The standard InChI is InChI=1S/C23H30N4O5S/c1-4-18-8-5-6-9-20(18)27-15-19(14-21(27)28)23(29)25-10-7-11-26(13-12-25)33(30,31)22-16(2)24-32-17(22)3/h5-6,8-9,19H,4,7,10-15H2,1-3H3. The van der Waals surface area contributed by atoms with Crippen LogP contribution in [0.1, 0.15) is 36.8 Å². The smallest absolute Gasteiger partial charge is 0.248 e. The average molecular weight is 475 g/mol. The Kier molecular flexibility index (Phi) is 6.58. The minimum absolute atomic E-state index is 0.0494. The normalized spacial score (nSPS) is 20.3. The van der Waals surface area contributed by atoms with Gasteiger partial charge in [0.1, 0.15) is 10.6 Å². The molecule has 0 spiro atoms. The van der Waals surface area contributed by atoms with Crippen molar-refractivity contribution in [2.45, 2.75) is 44.9 Å². The van der Waals surface area contributed by atoms with Gasteiger partial charge in [0.25, 0.3) is 0 Å². The van der Waals surface area contributed by atoms with E-state index in [1.54, 1.807) is 23.6 Å². The number of carbonyl (C=O) groups is 2. The van der Waals surface area contributed by atoms with E-state index in [4.69, 9.17) is 4.52 Å². The number of anilines is 1. The highest BCUT2D eigenvalue weighted by Crippen LogP contribution is 2.30. The van der Waals surface area contributed by atoms with E-state index < -0.39 is 15.9 Å². The summed E-state index contributed by atoms with van der Waals surface area (Å²) in [5.41, 5.74) is 2.28. The lowest BCUT2D eigenvalue weighted by molar-refractivity contribution is -0.135. The zero-order chi connectivity index (χ0) is 23.8. The fourth-order valence-corrected chi connectivity index (χ4v) is 6.52. The first-order valence-corrected chi connectivity index (χ1v) is 12.8. The highest BCUT2D eigenvalue weighted by atomic mass is 32.2. The Morgan fingerprint density at radius 3 is 2.61 bits per heavy atom. The second kappa shape index (κ2) is 9.26. The Morgan fingerprint density at radius 1 is 1.15 bits per heavy atom. The molecule has 10 heteroatoms. The van der Waals surface area contributed by atoms with Crippen LogP contribution in [-0.4, -0.2) is 67.3 Å². The Morgan fingerprint density at radius 2 is 1.91 bits per heavy atom. The van der Waals surface area contributed by atoms with Crippen LogP contribution in [0, 0.1) is 19.8 Å². The molecule has 1 atom stereocenters. The van der Waals surface area contributed by atoms with Crippen LogP contribution < -0.4 is 4.90 Å². The molecule has 2 aliphatic heterocycles. The molecular weight excluding hydrogens is 444 g/mol. The summed E-state index contributed by atoms with van der Waals surface area (Å²) in [5.74, 6) is -0.294. The third-order valence-corrected chi connectivity index (χ3v) is 8.61. The van der Waals surface area contributed by atoms with Crippen LogP contribution in [0.25, 0.3) is 0 Å². The van der Waals surface area contributed by atoms with Crippen molar-refractivity contribution in [1.82, 2.24) is 14.4 Å². The minimum Gasteiger partial charge on any atom is -0.360 e. The molecule has 9 nitrogen and oxygen atoms in total. The lowest BCUT2D eigenvalue weighted by Crippen LogP contribution is -2.40. The second-order valence-corrected chi connectivity index (χ2v) is 10.5. The summed E-state index contributed by atoms with van der Waals surface area (Å²) in [6, 6.07) is 7.78. The molecule has 2 fully saturated rings. The summed E-state index contributed by atoms with van der Waals surface area (Å²) < 4.78 is 32.7. The molecular formula is C23H30N4O5S. The first kappa shape index (κ1) is 23.4. The van der Waals surface area contributed by atoms with Crippen molar-refractivity contribution >= 4 is 27.5 Å². The van der Waals surface area contributed by atoms with Crippen LogP contribution in [0.2, 0.25) is 0 Å². The van der Waals surface area contributed by atoms with Gasteiger partial charge in [-0.1, -0.05) is 30.3 Å². The fraction of sp³-hybridized carbons (Fsp3) is 0.522. The number of hydrogen-bond acceptors (Lipinski definition) is 6. The van der Waals surface area contributed by atoms with Crippen molar-refractivity contribution in [2.75, 3.05) is 37.6 Å². The van der Waals surface area contributed by atoms with Crippen molar-refractivity contribution in [1.29, 1.82) is 0 Å². The van der Waals surface area contributed by atoms with E-state index >= 15 is 0 Å². The molecule has 2 amide bonds. The van der Waals surface area contributed by atoms with Gasteiger partial charge in [-0.3, -0.25) is 9.59 Å². The molecule has 2 saturated heterocycles. The van der Waals surface area contributed by atoms with Crippen molar-refractivity contribution in [2.24, 2.45) is 5.92 Å². The molecule has 1 aromatic carbocycles. The van der Waals surface area contributed by atoms with E-state index in [9.17, 15) is 18.0 Å². The summed E-state index contributed by atoms with van der Waals surface area (Å²) in [5, 5.41) is 3.77. The number of carbonyl (C=O) groups excluding carboxylic acids is 2. The molecule has 0 aliphatic carbocycles. The molecule has 2 aliphatic rings. The SMILES string of the molecule is CCc1ccccc1N1CC(C(=O)N2CCCN(S(=O)(=O)c3c(C)noc3C)CC2)CC1=O. The second-order valence-electron chi connectivity index (χ2n) is 8.62. The largest absolute Gasteiger partial charge is 0.360 e. The monoisotopic (exact) mass is 474 g/mol. The van der Waals surface area contributed by atoms with Crippen molar-refractivity contribution < 1.29 is 22.5 Å². The van der Waals surface area contributed by atoms with Crippen LogP contribution in [0.4, 0.5) is 5.69 Å². The molecule has 178 valence electrons. The Labute approximate surface area is 194 Å². The number of hydrogen-bond donors (Lipinski definition) is 0. The molecule has 0 N–H and O–H groups in total. The highest BCUT2D eigenvalue weighted by molar-refractivity contribution is 7.89. The molecule has 2 aromatic rings. The van der Waals surface area contributed by atoms with E-state index in [1.807, 2.05) is 31.2 Å². The molecule has 1 aromatic heterocycles. The summed E-state index contributed by atoms with van der Waals surface area (Å²) in [7, 11) is -3.76. The van der Waals surface area contributed by atoms with Crippen LogP contribution in [0.5, 0.6) is 0 Å². The summed E-state index contributed by atoms with van der Waals surface area (Å²) in [6.07, 6.45) is 1.51. The van der Waals surface area contributed by atoms with E-state index in [0.29, 0.717) is 31.7 Å². The Bertz CT molecular complexity index is 1140. The van der Waals surface area contributed by atoms with Gasteiger partial charge in [0.15, 0.2) is 5.76 Å². The Balaban J connectivity index is 1.45. The fourth-order valence-electron chi connectivity index (χ4n) is 4.76. The van der Waals surface area contributed by atoms with Crippen LogP contribution in [0.3, 0.4) is 0 Å². The lowest BCUT2D eigenvalue weighted by atomic mass is 10.1. The predicted molar refractivity (Wildman–Crippen MR) is 122 cm³/mol. The first-order chi connectivity index (χ1) is 15.7. The van der Waals surface area contributed by atoms with Crippen LogP contribution >= 0.6 is 0 Å². The van der Waals surface area contributed by atoms with Crippen molar-refractivity contribution in [3.63, 3.8) is 0 Å². The molecule has 0 saturated carbocycles. The third kappa shape index (κ3) is 4.41. The van der Waals surface area contributed by atoms with Gasteiger partial charge in [-0.25, -0.2) is 8.42 Å². The molecule has 3 heterocycles. The van der Waals surface area contributed by atoms with E-state index in [0.717, 1.165) is 17.7 Å². The molecule has 33 heavy (non-hydrogen) atoms. The summed E-state index contributed by atoms with van der Waals surface area (Å²) in [6.45, 7) is 6.85. The summed E-state index contributed by atoms with van der Waals surface area (Å²) in [4.78, 5) is 29.5. The molecule has 4 rings (SSSR count). The number of benzene rings is 1. The number of nitrogens with zero attached hydrogens (tertiary/aromatic N) is 4. The number of sulfonamides is 1. The maximum Gasteiger partial charge on any atom is 0.248 e. The number of aromatic nitrogens is 1. The van der Waals surface area contributed by atoms with E-state index in [-0.39, 0.29) is 42.0 Å². The van der Waals surface area contributed by atoms with Gasteiger partial charge in [0.2, 0.25) is 21.8 Å². The van der Waals surface area contributed by atoms with Crippen molar-refractivity contribution in [3.05, 3.63) is 41.3 Å².